The summed E-state index contributed by atoms with van der Waals surface area (Å²) >= 11 is 0. The SMILES string of the molecule is CCCOc1cncc(NC2(CC(=O)O)CCCCC2)n1. The van der Waals surface area contributed by atoms with E-state index in [1.54, 1.807) is 12.4 Å². The Morgan fingerprint density at radius 3 is 2.81 bits per heavy atom. The van der Waals surface area contributed by atoms with E-state index in [4.69, 9.17) is 4.74 Å². The summed E-state index contributed by atoms with van der Waals surface area (Å²) in [6.07, 6.45) is 9.15. The van der Waals surface area contributed by atoms with Gasteiger partial charge in [-0.2, -0.15) is 4.98 Å². The van der Waals surface area contributed by atoms with Crippen LogP contribution in [0.2, 0.25) is 0 Å². The fourth-order valence-corrected chi connectivity index (χ4v) is 2.82. The second-order valence-electron chi connectivity index (χ2n) is 5.63. The third-order valence-electron chi connectivity index (χ3n) is 3.76. The van der Waals surface area contributed by atoms with Gasteiger partial charge in [0, 0.05) is 5.54 Å². The van der Waals surface area contributed by atoms with Crippen LogP contribution in [0.3, 0.4) is 0 Å². The number of hydrogen-bond acceptors (Lipinski definition) is 5. The lowest BCUT2D eigenvalue weighted by molar-refractivity contribution is -0.138. The normalized spacial score (nSPS) is 17.2. The number of carboxylic acid groups (broad SMARTS) is 1. The Bertz CT molecular complexity index is 473. The first-order valence-electron chi connectivity index (χ1n) is 7.58. The monoisotopic (exact) mass is 293 g/mol. The Morgan fingerprint density at radius 2 is 2.14 bits per heavy atom. The lowest BCUT2D eigenvalue weighted by Gasteiger charge is -2.37. The molecule has 0 aromatic carbocycles. The van der Waals surface area contributed by atoms with Gasteiger partial charge in [0.25, 0.3) is 0 Å². The molecule has 1 heterocycles. The molecule has 6 heteroatoms. The van der Waals surface area contributed by atoms with Crippen molar-refractivity contribution >= 4 is 11.8 Å². The predicted molar refractivity (Wildman–Crippen MR) is 79.5 cm³/mol. The first kappa shape index (κ1) is 15.5. The maximum absolute atomic E-state index is 11.2. The average molecular weight is 293 g/mol. The Balaban J connectivity index is 2.10. The van der Waals surface area contributed by atoms with Crippen LogP contribution in [-0.2, 0) is 4.79 Å². The molecule has 21 heavy (non-hydrogen) atoms. The first-order chi connectivity index (χ1) is 10.1. The maximum atomic E-state index is 11.2. The Hall–Kier alpha value is -1.85. The number of hydrogen-bond donors (Lipinski definition) is 2. The number of carbonyl (C=O) groups is 1. The molecule has 1 aliphatic rings. The fourth-order valence-electron chi connectivity index (χ4n) is 2.82. The number of nitrogens with one attached hydrogen (secondary N) is 1. The minimum Gasteiger partial charge on any atom is -0.481 e. The molecular weight excluding hydrogens is 270 g/mol. The van der Waals surface area contributed by atoms with Gasteiger partial charge in [0.15, 0.2) is 0 Å². The molecule has 1 aromatic rings. The maximum Gasteiger partial charge on any atom is 0.305 e. The van der Waals surface area contributed by atoms with Crippen LogP contribution in [0.1, 0.15) is 51.9 Å². The van der Waals surface area contributed by atoms with Crippen molar-refractivity contribution in [2.75, 3.05) is 11.9 Å². The van der Waals surface area contributed by atoms with Crippen LogP contribution in [0.25, 0.3) is 0 Å². The van der Waals surface area contributed by atoms with E-state index in [-0.39, 0.29) is 6.42 Å². The molecule has 1 saturated carbocycles. The van der Waals surface area contributed by atoms with Gasteiger partial charge in [0.2, 0.25) is 5.88 Å². The molecule has 1 fully saturated rings. The summed E-state index contributed by atoms with van der Waals surface area (Å²) in [7, 11) is 0. The van der Waals surface area contributed by atoms with E-state index in [1.807, 2.05) is 6.92 Å². The van der Waals surface area contributed by atoms with Gasteiger partial charge < -0.3 is 15.2 Å². The molecule has 1 aliphatic carbocycles. The van der Waals surface area contributed by atoms with Crippen LogP contribution in [0.5, 0.6) is 5.88 Å². The van der Waals surface area contributed by atoms with Crippen LogP contribution in [0.15, 0.2) is 12.4 Å². The number of rotatable bonds is 7. The summed E-state index contributed by atoms with van der Waals surface area (Å²) in [6, 6.07) is 0. The van der Waals surface area contributed by atoms with Gasteiger partial charge in [-0.25, -0.2) is 0 Å². The van der Waals surface area contributed by atoms with Crippen molar-refractivity contribution in [2.45, 2.75) is 57.4 Å². The van der Waals surface area contributed by atoms with Crippen LogP contribution in [0, 0.1) is 0 Å². The number of ether oxygens (including phenoxy) is 1. The van der Waals surface area contributed by atoms with E-state index >= 15 is 0 Å². The smallest absolute Gasteiger partial charge is 0.305 e. The molecule has 1 aromatic heterocycles. The highest BCUT2D eigenvalue weighted by Gasteiger charge is 2.34. The van der Waals surface area contributed by atoms with Crippen molar-refractivity contribution in [3.05, 3.63) is 12.4 Å². The first-order valence-corrected chi connectivity index (χ1v) is 7.58. The molecule has 2 N–H and O–H groups in total. The molecular formula is C15H23N3O3. The predicted octanol–water partition coefficient (Wildman–Crippen LogP) is 2.85. The van der Waals surface area contributed by atoms with Crippen molar-refractivity contribution in [3.8, 4) is 5.88 Å². The van der Waals surface area contributed by atoms with Crippen LogP contribution < -0.4 is 10.1 Å². The summed E-state index contributed by atoms with van der Waals surface area (Å²) < 4.78 is 5.47. The number of aromatic nitrogens is 2. The van der Waals surface area contributed by atoms with Gasteiger partial charge in [-0.15, -0.1) is 0 Å². The zero-order valence-electron chi connectivity index (χ0n) is 12.5. The lowest BCUT2D eigenvalue weighted by Crippen LogP contribution is -2.42. The topological polar surface area (TPSA) is 84.3 Å². The second kappa shape index (κ2) is 7.24. The van der Waals surface area contributed by atoms with E-state index in [2.05, 4.69) is 15.3 Å². The van der Waals surface area contributed by atoms with Crippen LogP contribution in [-0.4, -0.2) is 33.2 Å². The molecule has 2 rings (SSSR count). The molecule has 0 saturated heterocycles. The van der Waals surface area contributed by atoms with E-state index < -0.39 is 11.5 Å². The molecule has 6 nitrogen and oxygen atoms in total. The number of nitrogens with zero attached hydrogens (tertiary/aromatic N) is 2. The minimum atomic E-state index is -0.782. The van der Waals surface area contributed by atoms with Gasteiger partial charge >= 0.3 is 5.97 Å². The van der Waals surface area contributed by atoms with E-state index in [0.717, 1.165) is 38.5 Å². The number of carboxylic acids is 1. The summed E-state index contributed by atoms with van der Waals surface area (Å²) in [5, 5.41) is 12.5. The number of aliphatic carboxylic acids is 1. The van der Waals surface area contributed by atoms with Crippen LogP contribution >= 0.6 is 0 Å². The van der Waals surface area contributed by atoms with Crippen molar-refractivity contribution < 1.29 is 14.6 Å². The summed E-state index contributed by atoms with van der Waals surface area (Å²) in [5.74, 6) is 0.283. The fraction of sp³-hybridized carbons (Fsp3) is 0.667. The van der Waals surface area contributed by atoms with Crippen molar-refractivity contribution in [2.24, 2.45) is 0 Å². The Labute approximate surface area is 124 Å². The largest absolute Gasteiger partial charge is 0.481 e. The Morgan fingerprint density at radius 1 is 1.38 bits per heavy atom. The average Bonchev–Trinajstić information content (AvgIpc) is 2.45. The highest BCUT2D eigenvalue weighted by molar-refractivity contribution is 5.69. The highest BCUT2D eigenvalue weighted by atomic mass is 16.5. The third kappa shape index (κ3) is 4.58. The zero-order chi connectivity index (χ0) is 15.1. The van der Waals surface area contributed by atoms with Gasteiger partial charge in [-0.3, -0.25) is 9.78 Å². The van der Waals surface area contributed by atoms with Gasteiger partial charge in [-0.05, 0) is 19.3 Å². The van der Waals surface area contributed by atoms with Crippen molar-refractivity contribution in [1.82, 2.24) is 9.97 Å². The zero-order valence-corrected chi connectivity index (χ0v) is 12.5. The minimum absolute atomic E-state index is 0.106. The lowest BCUT2D eigenvalue weighted by atomic mass is 9.79. The number of anilines is 1. The van der Waals surface area contributed by atoms with Gasteiger partial charge in [-0.1, -0.05) is 26.2 Å². The molecule has 0 spiro atoms. The Kier molecular flexibility index (Phi) is 5.36. The third-order valence-corrected chi connectivity index (χ3v) is 3.76. The van der Waals surface area contributed by atoms with Crippen molar-refractivity contribution in [1.29, 1.82) is 0 Å². The summed E-state index contributed by atoms with van der Waals surface area (Å²) in [5.41, 5.74) is -0.415. The molecule has 0 atom stereocenters. The van der Waals surface area contributed by atoms with Gasteiger partial charge in [0.1, 0.15) is 5.82 Å². The summed E-state index contributed by atoms with van der Waals surface area (Å²) in [4.78, 5) is 19.7. The molecule has 116 valence electrons. The molecule has 0 bridgehead atoms. The highest BCUT2D eigenvalue weighted by Crippen LogP contribution is 2.34. The standard InChI is InChI=1S/C15H23N3O3/c1-2-8-21-13-11-16-10-12(17-13)18-15(9-14(19)20)6-4-3-5-7-15/h10-11H,2-9H2,1H3,(H,17,18)(H,19,20). The van der Waals surface area contributed by atoms with Crippen molar-refractivity contribution in [3.63, 3.8) is 0 Å². The van der Waals surface area contributed by atoms with Gasteiger partial charge in [0.05, 0.1) is 25.4 Å². The quantitative estimate of drug-likeness (QED) is 0.804. The molecule has 0 radical (unpaired) electrons. The molecule has 0 amide bonds. The van der Waals surface area contributed by atoms with E-state index in [0.29, 0.717) is 18.3 Å². The second-order valence-corrected chi connectivity index (χ2v) is 5.63. The summed E-state index contributed by atoms with van der Waals surface area (Å²) in [6.45, 7) is 2.62. The molecule has 0 unspecified atom stereocenters. The van der Waals surface area contributed by atoms with E-state index in [9.17, 15) is 9.90 Å². The van der Waals surface area contributed by atoms with E-state index in [1.165, 1.54) is 0 Å². The van der Waals surface area contributed by atoms with Crippen LogP contribution in [0.4, 0.5) is 5.82 Å². The molecule has 0 aliphatic heterocycles.